The summed E-state index contributed by atoms with van der Waals surface area (Å²) in [5.74, 6) is -0.505. The molecule has 2 rings (SSSR count). The molecule has 2 atom stereocenters. The van der Waals surface area contributed by atoms with E-state index in [9.17, 15) is 8.78 Å². The van der Waals surface area contributed by atoms with Crippen molar-refractivity contribution in [2.75, 3.05) is 13.1 Å². The minimum Gasteiger partial charge on any atom is -0.316 e. The van der Waals surface area contributed by atoms with Crippen molar-refractivity contribution in [1.29, 1.82) is 0 Å². The highest BCUT2D eigenvalue weighted by molar-refractivity contribution is 9.10. The Morgan fingerprint density at radius 1 is 1.25 bits per heavy atom. The Hall–Kier alpha value is -0.480. The molecule has 0 amide bonds. The maximum atomic E-state index is 14.3. The highest BCUT2D eigenvalue weighted by atomic mass is 79.9. The second kappa shape index (κ2) is 7.51. The van der Waals surface area contributed by atoms with Gasteiger partial charge >= 0.3 is 0 Å². The van der Waals surface area contributed by atoms with E-state index in [0.717, 1.165) is 45.2 Å². The number of nitrogens with one attached hydrogen (secondary N) is 1. The average Bonchev–Trinajstić information content (AvgIpc) is 2.45. The molecule has 0 heterocycles. The second-order valence-electron chi connectivity index (χ2n) is 5.61. The molecule has 1 fully saturated rings. The van der Waals surface area contributed by atoms with Crippen molar-refractivity contribution < 1.29 is 8.78 Å². The molecule has 0 bridgehead atoms. The normalized spacial score (nSPS) is 23.0. The summed E-state index contributed by atoms with van der Waals surface area (Å²) in [6.45, 7) is 3.94. The predicted octanol–water partition coefficient (Wildman–Crippen LogP) is 5.00. The fourth-order valence-electron chi connectivity index (χ4n) is 3.18. The Bertz CT molecular complexity index is 450. The van der Waals surface area contributed by atoms with Gasteiger partial charge in [0.2, 0.25) is 0 Å². The SMILES string of the molecule is CCCNCC1CCCCC1c1c(F)ccc(Br)c1F. The minimum atomic E-state index is -0.419. The first-order valence-corrected chi connectivity index (χ1v) is 8.28. The molecule has 1 aromatic rings. The third-order valence-corrected chi connectivity index (χ3v) is 4.81. The number of rotatable bonds is 5. The molecule has 112 valence electrons. The van der Waals surface area contributed by atoms with Crippen LogP contribution in [0.2, 0.25) is 0 Å². The molecule has 0 radical (unpaired) electrons. The Balaban J connectivity index is 2.21. The molecule has 1 nitrogen and oxygen atoms in total. The zero-order chi connectivity index (χ0) is 14.5. The minimum absolute atomic E-state index is 0.00870. The molecule has 1 N–H and O–H groups in total. The Kier molecular flexibility index (Phi) is 5.97. The van der Waals surface area contributed by atoms with Crippen LogP contribution in [0, 0.1) is 17.6 Å². The van der Waals surface area contributed by atoms with Gasteiger partial charge in [0.05, 0.1) is 4.47 Å². The van der Waals surface area contributed by atoms with Crippen molar-refractivity contribution >= 4 is 15.9 Å². The number of halogens is 3. The summed E-state index contributed by atoms with van der Waals surface area (Å²) in [6, 6.07) is 2.81. The molecule has 1 aliphatic rings. The van der Waals surface area contributed by atoms with E-state index < -0.39 is 11.6 Å². The van der Waals surface area contributed by atoms with E-state index in [1.165, 1.54) is 12.1 Å². The van der Waals surface area contributed by atoms with Gasteiger partial charge in [-0.25, -0.2) is 8.78 Å². The molecule has 20 heavy (non-hydrogen) atoms. The summed E-state index contributed by atoms with van der Waals surface area (Å²) < 4.78 is 28.8. The summed E-state index contributed by atoms with van der Waals surface area (Å²) in [6.07, 6.45) is 5.22. The van der Waals surface area contributed by atoms with Crippen LogP contribution in [0.15, 0.2) is 16.6 Å². The van der Waals surface area contributed by atoms with Crippen LogP contribution < -0.4 is 5.32 Å². The van der Waals surface area contributed by atoms with E-state index in [0.29, 0.717) is 10.4 Å². The van der Waals surface area contributed by atoms with Gasteiger partial charge in [-0.05, 0) is 72.3 Å². The van der Waals surface area contributed by atoms with Gasteiger partial charge in [0.25, 0.3) is 0 Å². The Labute approximate surface area is 128 Å². The van der Waals surface area contributed by atoms with Crippen LogP contribution in [-0.2, 0) is 0 Å². The van der Waals surface area contributed by atoms with Crippen molar-refractivity contribution in [3.05, 3.63) is 33.8 Å². The third-order valence-electron chi connectivity index (χ3n) is 4.19. The quantitative estimate of drug-likeness (QED) is 0.584. The summed E-state index contributed by atoms with van der Waals surface area (Å²) in [4.78, 5) is 0. The summed E-state index contributed by atoms with van der Waals surface area (Å²) in [5.41, 5.74) is 0.280. The molecule has 0 aromatic heterocycles. The maximum absolute atomic E-state index is 14.3. The van der Waals surface area contributed by atoms with Crippen molar-refractivity contribution in [2.24, 2.45) is 5.92 Å². The predicted molar refractivity (Wildman–Crippen MR) is 81.9 cm³/mol. The van der Waals surface area contributed by atoms with E-state index >= 15 is 0 Å². The Morgan fingerprint density at radius 3 is 2.75 bits per heavy atom. The van der Waals surface area contributed by atoms with Gasteiger partial charge in [-0.15, -0.1) is 0 Å². The van der Waals surface area contributed by atoms with Crippen molar-refractivity contribution in [2.45, 2.75) is 44.9 Å². The lowest BCUT2D eigenvalue weighted by molar-refractivity contribution is 0.284. The molecule has 1 aliphatic carbocycles. The molecule has 1 saturated carbocycles. The van der Waals surface area contributed by atoms with E-state index in [1.807, 2.05) is 0 Å². The number of hydrogen-bond acceptors (Lipinski definition) is 1. The summed E-state index contributed by atoms with van der Waals surface area (Å²) >= 11 is 3.17. The fourth-order valence-corrected chi connectivity index (χ4v) is 3.52. The fraction of sp³-hybridized carbons (Fsp3) is 0.625. The van der Waals surface area contributed by atoms with Crippen molar-refractivity contribution in [3.8, 4) is 0 Å². The van der Waals surface area contributed by atoms with Gasteiger partial charge in [0, 0.05) is 5.56 Å². The molecule has 0 saturated heterocycles. The van der Waals surface area contributed by atoms with E-state index in [-0.39, 0.29) is 11.5 Å². The second-order valence-corrected chi connectivity index (χ2v) is 6.47. The maximum Gasteiger partial charge on any atom is 0.143 e. The molecule has 1 aromatic carbocycles. The van der Waals surface area contributed by atoms with E-state index in [4.69, 9.17) is 0 Å². The standard InChI is InChI=1S/C16H22BrF2N/c1-2-9-20-10-11-5-3-4-6-12(11)15-14(18)8-7-13(17)16(15)19/h7-8,11-12,20H,2-6,9-10H2,1H3. The highest BCUT2D eigenvalue weighted by Gasteiger charge is 2.31. The molecule has 4 heteroatoms. The zero-order valence-corrected chi connectivity index (χ0v) is 13.5. The van der Waals surface area contributed by atoms with Crippen LogP contribution in [0.1, 0.15) is 50.5 Å². The molecular weight excluding hydrogens is 324 g/mol. The topological polar surface area (TPSA) is 12.0 Å². The van der Waals surface area contributed by atoms with Gasteiger partial charge in [-0.1, -0.05) is 19.8 Å². The molecular formula is C16H22BrF2N. The smallest absolute Gasteiger partial charge is 0.143 e. The van der Waals surface area contributed by atoms with E-state index in [2.05, 4.69) is 28.2 Å². The van der Waals surface area contributed by atoms with Crippen LogP contribution in [0.4, 0.5) is 8.78 Å². The van der Waals surface area contributed by atoms with Crippen molar-refractivity contribution in [1.82, 2.24) is 5.32 Å². The molecule has 0 spiro atoms. The van der Waals surface area contributed by atoms with Crippen molar-refractivity contribution in [3.63, 3.8) is 0 Å². The van der Waals surface area contributed by atoms with Crippen LogP contribution in [0.25, 0.3) is 0 Å². The number of hydrogen-bond donors (Lipinski definition) is 1. The largest absolute Gasteiger partial charge is 0.316 e. The van der Waals surface area contributed by atoms with Crippen LogP contribution in [0.3, 0.4) is 0 Å². The van der Waals surface area contributed by atoms with Gasteiger partial charge in [-0.3, -0.25) is 0 Å². The van der Waals surface area contributed by atoms with E-state index in [1.54, 1.807) is 0 Å². The summed E-state index contributed by atoms with van der Waals surface area (Å²) in [7, 11) is 0. The molecule has 0 aliphatic heterocycles. The third kappa shape index (κ3) is 3.59. The van der Waals surface area contributed by atoms with Gasteiger partial charge in [0.15, 0.2) is 0 Å². The van der Waals surface area contributed by atoms with Crippen LogP contribution >= 0.6 is 15.9 Å². The average molecular weight is 346 g/mol. The highest BCUT2D eigenvalue weighted by Crippen LogP contribution is 2.40. The first-order valence-electron chi connectivity index (χ1n) is 7.49. The zero-order valence-electron chi connectivity index (χ0n) is 11.9. The van der Waals surface area contributed by atoms with Crippen LogP contribution in [-0.4, -0.2) is 13.1 Å². The lowest BCUT2D eigenvalue weighted by Gasteiger charge is -2.32. The van der Waals surface area contributed by atoms with Gasteiger partial charge < -0.3 is 5.32 Å². The lowest BCUT2D eigenvalue weighted by Crippen LogP contribution is -2.31. The van der Waals surface area contributed by atoms with Gasteiger partial charge in [0.1, 0.15) is 11.6 Å². The first kappa shape index (κ1) is 15.9. The summed E-state index contributed by atoms with van der Waals surface area (Å²) in [5, 5.41) is 3.40. The Morgan fingerprint density at radius 2 is 2.00 bits per heavy atom. The van der Waals surface area contributed by atoms with Gasteiger partial charge in [-0.2, -0.15) is 0 Å². The molecule has 2 unspecified atom stereocenters. The monoisotopic (exact) mass is 345 g/mol. The first-order chi connectivity index (χ1) is 9.65. The van der Waals surface area contributed by atoms with Crippen LogP contribution in [0.5, 0.6) is 0 Å². The number of benzene rings is 1. The lowest BCUT2D eigenvalue weighted by atomic mass is 9.75.